The van der Waals surface area contributed by atoms with Gasteiger partial charge in [0.25, 0.3) is 0 Å². The van der Waals surface area contributed by atoms with Gasteiger partial charge in [0.15, 0.2) is 6.04 Å². The molecule has 0 radical (unpaired) electrons. The van der Waals surface area contributed by atoms with Crippen molar-refractivity contribution in [2.24, 2.45) is 0 Å². The molecular formula is C58H51N5O10. The summed E-state index contributed by atoms with van der Waals surface area (Å²) in [5.41, 5.74) is 6.17. The molecule has 6 atom stereocenters. The molecule has 6 aromatic rings. The van der Waals surface area contributed by atoms with Gasteiger partial charge in [-0.3, -0.25) is 19.5 Å². The van der Waals surface area contributed by atoms with Gasteiger partial charge in [-0.05, 0) is 89.4 Å². The van der Waals surface area contributed by atoms with Gasteiger partial charge in [-0.15, -0.1) is 0 Å². The number of carbonyl (C=O) groups is 6. The van der Waals surface area contributed by atoms with Crippen molar-refractivity contribution in [2.45, 2.75) is 74.5 Å². The number of carboxylic acids is 2. The number of carbonyl (C=O) groups excluding carboxylic acids is 4. The Labute approximate surface area is 421 Å². The third kappa shape index (κ3) is 8.59. The van der Waals surface area contributed by atoms with Gasteiger partial charge in [-0.1, -0.05) is 140 Å². The number of aliphatic carboxylic acids is 2. The zero-order chi connectivity index (χ0) is 50.3. The summed E-state index contributed by atoms with van der Waals surface area (Å²) in [5.74, 6) is -3.28. The zero-order valence-corrected chi connectivity index (χ0v) is 39.6. The molecule has 0 aliphatic carbocycles. The molecule has 0 spiro atoms. The summed E-state index contributed by atoms with van der Waals surface area (Å²) >= 11 is 0. The van der Waals surface area contributed by atoms with Crippen LogP contribution in [-0.4, -0.2) is 115 Å². The van der Waals surface area contributed by atoms with E-state index in [9.17, 15) is 34.2 Å². The highest BCUT2D eigenvalue weighted by Crippen LogP contribution is 2.45. The second-order valence-electron chi connectivity index (χ2n) is 19.1. The molecule has 4 bridgehead atoms. The molecule has 368 valence electrons. The summed E-state index contributed by atoms with van der Waals surface area (Å²) < 4.78 is 11.7. The molecule has 15 nitrogen and oxygen atoms in total. The van der Waals surface area contributed by atoms with Crippen LogP contribution in [0.15, 0.2) is 164 Å². The predicted octanol–water partition coefficient (Wildman–Crippen LogP) is 9.24. The minimum Gasteiger partial charge on any atom is -0.480 e. The molecule has 0 aromatic heterocycles. The topological polar surface area (TPSA) is 178 Å². The predicted molar refractivity (Wildman–Crippen MR) is 270 cm³/mol. The van der Waals surface area contributed by atoms with Crippen LogP contribution in [0.4, 0.5) is 25.8 Å². The summed E-state index contributed by atoms with van der Waals surface area (Å²) in [6.07, 6.45) is 2.43. The van der Waals surface area contributed by atoms with E-state index < -0.39 is 72.3 Å². The number of carboxylic acid groups (broad SMARTS) is 2. The van der Waals surface area contributed by atoms with Crippen LogP contribution in [0.3, 0.4) is 0 Å². The Bertz CT molecular complexity index is 3100. The molecule has 73 heavy (non-hydrogen) atoms. The fourth-order valence-corrected chi connectivity index (χ4v) is 11.7. The summed E-state index contributed by atoms with van der Waals surface area (Å²) in [7, 11) is 0. The molecule has 0 saturated carbocycles. The average Bonchev–Trinajstić information content (AvgIpc) is 3.83. The Balaban J connectivity index is 0.831. The fourth-order valence-electron chi connectivity index (χ4n) is 11.7. The maximum atomic E-state index is 15.2. The van der Waals surface area contributed by atoms with Crippen LogP contribution in [0.5, 0.6) is 5.75 Å². The minimum atomic E-state index is -1.34. The van der Waals surface area contributed by atoms with E-state index in [-0.39, 0.29) is 31.4 Å². The second-order valence-corrected chi connectivity index (χ2v) is 19.1. The maximum absolute atomic E-state index is 15.2. The third-order valence-electron chi connectivity index (χ3n) is 15.0. The van der Waals surface area contributed by atoms with Gasteiger partial charge in [-0.2, -0.15) is 0 Å². The first kappa shape index (κ1) is 46.7. The number of hydrogen-bond donors (Lipinski definition) is 2. The summed E-state index contributed by atoms with van der Waals surface area (Å²) in [6, 6.07) is 43.8. The molecule has 4 saturated heterocycles. The summed E-state index contributed by atoms with van der Waals surface area (Å²) in [4.78, 5) is 91.2. The van der Waals surface area contributed by atoms with Crippen LogP contribution < -0.4 is 9.64 Å². The largest absolute Gasteiger partial charge is 0.480 e. The number of anilines is 2. The number of para-hydroxylation sites is 2. The van der Waals surface area contributed by atoms with Gasteiger partial charge in [0.2, 0.25) is 5.91 Å². The minimum absolute atomic E-state index is 0.0106. The third-order valence-corrected chi connectivity index (χ3v) is 15.0. The van der Waals surface area contributed by atoms with E-state index in [4.69, 9.17) is 9.47 Å². The monoisotopic (exact) mass is 977 g/mol. The van der Waals surface area contributed by atoms with Crippen LogP contribution in [0, 0.1) is 0 Å². The van der Waals surface area contributed by atoms with Gasteiger partial charge in [0, 0.05) is 18.7 Å². The number of rotatable bonds is 9. The number of benzene rings is 6. The van der Waals surface area contributed by atoms with Crippen molar-refractivity contribution in [3.05, 3.63) is 197 Å². The van der Waals surface area contributed by atoms with Crippen LogP contribution in [0.2, 0.25) is 0 Å². The van der Waals surface area contributed by atoms with Crippen molar-refractivity contribution in [1.82, 2.24) is 19.6 Å². The molecule has 4 fully saturated rings. The second kappa shape index (κ2) is 19.5. The van der Waals surface area contributed by atoms with E-state index in [1.54, 1.807) is 29.2 Å². The van der Waals surface area contributed by atoms with Crippen molar-refractivity contribution in [3.8, 4) is 5.75 Å². The van der Waals surface area contributed by atoms with E-state index in [1.807, 2.05) is 146 Å². The molecule has 15 heteroatoms. The number of nitrogens with zero attached hydrogens (tertiary/aromatic N) is 5. The number of urea groups is 1. The highest BCUT2D eigenvalue weighted by atomic mass is 16.6. The Morgan fingerprint density at radius 2 is 1.07 bits per heavy atom. The van der Waals surface area contributed by atoms with Gasteiger partial charge in [0.1, 0.15) is 18.4 Å². The first-order valence-electron chi connectivity index (χ1n) is 24.5. The highest BCUT2D eigenvalue weighted by molar-refractivity contribution is 6.10. The van der Waals surface area contributed by atoms with E-state index in [1.165, 1.54) is 19.6 Å². The lowest BCUT2D eigenvalue weighted by Gasteiger charge is -2.45. The van der Waals surface area contributed by atoms with Gasteiger partial charge < -0.3 is 29.5 Å². The molecule has 5 aliphatic rings. The Morgan fingerprint density at radius 1 is 0.548 bits per heavy atom. The van der Waals surface area contributed by atoms with Gasteiger partial charge in [-0.25, -0.2) is 24.0 Å². The van der Waals surface area contributed by atoms with Crippen LogP contribution in [0.25, 0.3) is 11.6 Å². The van der Waals surface area contributed by atoms with E-state index in [0.717, 1.165) is 27.8 Å². The van der Waals surface area contributed by atoms with Gasteiger partial charge >= 0.3 is 30.2 Å². The number of amides is 5. The number of hydrogen-bond acceptors (Lipinski definition) is 8. The first-order valence-corrected chi connectivity index (χ1v) is 24.5. The maximum Gasteiger partial charge on any atom is 0.415 e. The summed E-state index contributed by atoms with van der Waals surface area (Å²) in [6.45, 7) is 0.0528. The molecule has 11 rings (SSSR count). The Kier molecular flexibility index (Phi) is 12.4. The van der Waals surface area contributed by atoms with Crippen LogP contribution in [0.1, 0.15) is 65.0 Å². The Morgan fingerprint density at radius 3 is 1.68 bits per heavy atom. The van der Waals surface area contributed by atoms with Crippen molar-refractivity contribution in [3.63, 3.8) is 0 Å². The highest BCUT2D eigenvalue weighted by Gasteiger charge is 2.56. The van der Waals surface area contributed by atoms with Crippen molar-refractivity contribution >= 4 is 59.1 Å². The molecule has 5 heterocycles. The van der Waals surface area contributed by atoms with E-state index in [2.05, 4.69) is 0 Å². The average molecular weight is 978 g/mol. The molecule has 5 aliphatic heterocycles. The van der Waals surface area contributed by atoms with E-state index in [0.29, 0.717) is 48.2 Å². The standard InChI is InChI=1S/C58H51N5O10/c64-53(50(38-16-6-2-7-17-38)39-18-8-3-9-19-39)59-33-41-26-30-48(51(59)54(65)66)62(41)58(71)73-43-28-24-37(25-29-43)45-32-40-20-10-12-22-46(40)63(47-23-13-11-21-44(45)47)56(69)60-34-42-27-31-49(52(60)55(67)68)61(42)57(70)72-35-36-14-4-1-5-15-36/h1-25,28-29,32,41-42,48-52H,26-27,30-31,33-35H2,(H,65,66)(H,67,68)/t41-,42-,48+,49+,51-,52-/m0/s1. The van der Waals surface area contributed by atoms with Gasteiger partial charge in [0.05, 0.1) is 41.5 Å². The smallest absolute Gasteiger partial charge is 0.415 e. The van der Waals surface area contributed by atoms with Crippen molar-refractivity contribution in [2.75, 3.05) is 18.0 Å². The SMILES string of the molecule is O=C(O)[C@@H]1[C@H]2CC[C@@H](CN1C(=O)C(c1ccccc1)c1ccccc1)N2C(=O)Oc1ccc(C2=Cc3ccccc3N(C(=O)N3C[C@@H]4CC[C@H]([C@H]3C(=O)O)N4C(=O)OCc3ccccc3)c3ccccc32)cc1. The van der Waals surface area contributed by atoms with Crippen molar-refractivity contribution in [1.29, 1.82) is 0 Å². The molecule has 0 unspecified atom stereocenters. The number of piperazine rings is 2. The molecular weight excluding hydrogens is 927 g/mol. The first-order chi connectivity index (χ1) is 35.5. The number of likely N-dealkylation sites (tertiary alicyclic amines) is 2. The lowest BCUT2D eigenvalue weighted by Crippen LogP contribution is -2.66. The molecule has 5 amide bonds. The normalized spacial score (nSPS) is 21.7. The number of ether oxygens (including phenoxy) is 2. The molecule has 6 aromatic carbocycles. The molecule has 2 N–H and O–H groups in total. The fraction of sp³-hybridized carbons (Fsp3) is 0.241. The Hall–Kier alpha value is -8.72. The lowest BCUT2D eigenvalue weighted by atomic mass is 9.88. The summed E-state index contributed by atoms with van der Waals surface area (Å²) in [5, 5.41) is 21.5. The lowest BCUT2D eigenvalue weighted by molar-refractivity contribution is -0.156. The van der Waals surface area contributed by atoms with Crippen molar-refractivity contribution < 1.29 is 48.5 Å². The quantitative estimate of drug-likeness (QED) is 0.142. The zero-order valence-electron chi connectivity index (χ0n) is 39.6. The van der Waals surface area contributed by atoms with E-state index >= 15 is 4.79 Å². The number of fused-ring (bicyclic) bond motifs is 6. The van der Waals surface area contributed by atoms with Crippen LogP contribution >= 0.6 is 0 Å². The van der Waals surface area contributed by atoms with Crippen LogP contribution in [-0.2, 0) is 25.7 Å².